The molecule has 0 saturated carbocycles. The SMILES string of the molecule is O=C(Nc1cc(F)ccc1F)N1CCN(C2CC(c3ccncc3)NN2)CC1. The highest BCUT2D eigenvalue weighted by molar-refractivity contribution is 5.89. The van der Waals surface area contributed by atoms with Gasteiger partial charge in [0.05, 0.1) is 11.9 Å². The van der Waals surface area contributed by atoms with Gasteiger partial charge in [-0.05, 0) is 36.2 Å². The zero-order valence-corrected chi connectivity index (χ0v) is 15.2. The maximum atomic E-state index is 13.7. The number of piperazine rings is 1. The van der Waals surface area contributed by atoms with Crippen molar-refractivity contribution in [2.75, 3.05) is 31.5 Å². The molecular weight excluding hydrogens is 366 g/mol. The molecular formula is C19H22F2N6O. The molecule has 2 atom stereocenters. The number of nitrogens with one attached hydrogen (secondary N) is 3. The highest BCUT2D eigenvalue weighted by Gasteiger charge is 2.32. The summed E-state index contributed by atoms with van der Waals surface area (Å²) < 4.78 is 27.0. The minimum Gasteiger partial charge on any atom is -0.322 e. The van der Waals surface area contributed by atoms with Crippen LogP contribution in [-0.4, -0.2) is 53.2 Å². The van der Waals surface area contributed by atoms with E-state index in [1.165, 1.54) is 5.56 Å². The maximum absolute atomic E-state index is 13.7. The number of anilines is 1. The number of hydrogen-bond donors (Lipinski definition) is 3. The second-order valence-electron chi connectivity index (χ2n) is 6.95. The van der Waals surface area contributed by atoms with E-state index in [9.17, 15) is 13.6 Å². The van der Waals surface area contributed by atoms with Crippen LogP contribution in [0.25, 0.3) is 0 Å². The van der Waals surface area contributed by atoms with E-state index in [1.54, 1.807) is 17.3 Å². The Labute approximate surface area is 161 Å². The highest BCUT2D eigenvalue weighted by atomic mass is 19.1. The van der Waals surface area contributed by atoms with Crippen LogP contribution >= 0.6 is 0 Å². The summed E-state index contributed by atoms with van der Waals surface area (Å²) in [6, 6.07) is 6.79. The smallest absolute Gasteiger partial charge is 0.322 e. The van der Waals surface area contributed by atoms with Crippen molar-refractivity contribution in [3.8, 4) is 0 Å². The number of benzene rings is 1. The Hall–Kier alpha value is -2.62. The number of aromatic nitrogens is 1. The number of nitrogens with zero attached hydrogens (tertiary/aromatic N) is 3. The van der Waals surface area contributed by atoms with Crippen LogP contribution in [0.4, 0.5) is 19.3 Å². The Bertz CT molecular complexity index is 828. The molecule has 2 aromatic rings. The normalized spacial score (nSPS) is 23.0. The molecule has 2 amide bonds. The third-order valence-electron chi connectivity index (χ3n) is 5.20. The fourth-order valence-corrected chi connectivity index (χ4v) is 3.62. The third-order valence-corrected chi connectivity index (χ3v) is 5.20. The molecule has 3 N–H and O–H groups in total. The Morgan fingerprint density at radius 2 is 1.82 bits per heavy atom. The molecule has 0 bridgehead atoms. The van der Waals surface area contributed by atoms with Crippen molar-refractivity contribution in [1.29, 1.82) is 0 Å². The van der Waals surface area contributed by atoms with Gasteiger partial charge >= 0.3 is 6.03 Å². The minimum atomic E-state index is -0.656. The van der Waals surface area contributed by atoms with E-state index < -0.39 is 17.7 Å². The largest absolute Gasteiger partial charge is 0.322 e. The van der Waals surface area contributed by atoms with Crippen molar-refractivity contribution in [3.05, 3.63) is 59.9 Å². The number of halogens is 2. The van der Waals surface area contributed by atoms with E-state index in [1.807, 2.05) is 12.1 Å². The van der Waals surface area contributed by atoms with E-state index in [4.69, 9.17) is 0 Å². The van der Waals surface area contributed by atoms with E-state index >= 15 is 0 Å². The lowest BCUT2D eigenvalue weighted by atomic mass is 10.1. The molecule has 0 radical (unpaired) electrons. The third kappa shape index (κ3) is 4.11. The average Bonchev–Trinajstić information content (AvgIpc) is 3.22. The number of pyridine rings is 1. The standard InChI is InChI=1S/C19H22F2N6O/c20-14-1-2-15(21)17(11-14)23-19(28)27-9-7-26(8-10-27)18-12-16(24-25-18)13-3-5-22-6-4-13/h1-6,11,16,18,24-25H,7-10,12H2,(H,23,28). The quantitative estimate of drug-likeness (QED) is 0.751. The maximum Gasteiger partial charge on any atom is 0.322 e. The molecule has 2 aliphatic heterocycles. The second kappa shape index (κ2) is 8.17. The molecule has 2 saturated heterocycles. The summed E-state index contributed by atoms with van der Waals surface area (Å²) in [6.45, 7) is 2.42. The molecule has 9 heteroatoms. The predicted molar refractivity (Wildman–Crippen MR) is 100 cm³/mol. The van der Waals surface area contributed by atoms with Gasteiger partial charge in [0.2, 0.25) is 0 Å². The summed E-state index contributed by atoms with van der Waals surface area (Å²) in [5.41, 5.74) is 7.66. The van der Waals surface area contributed by atoms with Gasteiger partial charge in [0, 0.05) is 50.7 Å². The van der Waals surface area contributed by atoms with Gasteiger partial charge in [-0.1, -0.05) is 0 Å². The number of hydrogen-bond acceptors (Lipinski definition) is 5. The fourth-order valence-electron chi connectivity index (χ4n) is 3.62. The molecule has 148 valence electrons. The van der Waals surface area contributed by atoms with Crippen LogP contribution in [0.5, 0.6) is 0 Å². The fraction of sp³-hybridized carbons (Fsp3) is 0.368. The van der Waals surface area contributed by atoms with Crippen molar-refractivity contribution >= 4 is 11.7 Å². The van der Waals surface area contributed by atoms with E-state index in [-0.39, 0.29) is 17.9 Å². The summed E-state index contributed by atoms with van der Waals surface area (Å²) in [4.78, 5) is 20.3. The number of amides is 2. The first-order valence-corrected chi connectivity index (χ1v) is 9.26. The van der Waals surface area contributed by atoms with Crippen molar-refractivity contribution in [2.45, 2.75) is 18.6 Å². The van der Waals surface area contributed by atoms with Crippen molar-refractivity contribution in [3.63, 3.8) is 0 Å². The lowest BCUT2D eigenvalue weighted by molar-refractivity contribution is 0.103. The Morgan fingerprint density at radius 3 is 2.57 bits per heavy atom. The molecule has 2 unspecified atom stereocenters. The van der Waals surface area contributed by atoms with Crippen LogP contribution in [0.2, 0.25) is 0 Å². The lowest BCUT2D eigenvalue weighted by Gasteiger charge is -2.37. The van der Waals surface area contributed by atoms with Crippen molar-refractivity contribution < 1.29 is 13.6 Å². The molecule has 3 heterocycles. The van der Waals surface area contributed by atoms with Gasteiger partial charge in [-0.3, -0.25) is 9.88 Å². The van der Waals surface area contributed by atoms with Crippen LogP contribution in [0.1, 0.15) is 18.0 Å². The first-order chi connectivity index (χ1) is 13.6. The summed E-state index contributed by atoms with van der Waals surface area (Å²) in [5, 5.41) is 2.45. The van der Waals surface area contributed by atoms with E-state index in [0.717, 1.165) is 24.6 Å². The van der Waals surface area contributed by atoms with Gasteiger partial charge < -0.3 is 10.2 Å². The average molecular weight is 388 g/mol. The Balaban J connectivity index is 1.29. The van der Waals surface area contributed by atoms with E-state index in [2.05, 4.69) is 26.1 Å². The summed E-state index contributed by atoms with van der Waals surface area (Å²) in [7, 11) is 0. The highest BCUT2D eigenvalue weighted by Crippen LogP contribution is 2.24. The van der Waals surface area contributed by atoms with Crippen molar-refractivity contribution in [2.24, 2.45) is 0 Å². The molecule has 0 aliphatic carbocycles. The Morgan fingerprint density at radius 1 is 1.07 bits per heavy atom. The summed E-state index contributed by atoms with van der Waals surface area (Å²) in [6.07, 6.45) is 4.64. The molecule has 2 fully saturated rings. The van der Waals surface area contributed by atoms with Crippen LogP contribution in [0.15, 0.2) is 42.7 Å². The summed E-state index contributed by atoms with van der Waals surface area (Å²) in [5.74, 6) is -1.25. The van der Waals surface area contributed by atoms with Crippen LogP contribution in [0.3, 0.4) is 0 Å². The van der Waals surface area contributed by atoms with Gasteiger partial charge in [-0.15, -0.1) is 0 Å². The molecule has 7 nitrogen and oxygen atoms in total. The molecule has 1 aromatic carbocycles. The molecule has 28 heavy (non-hydrogen) atoms. The topological polar surface area (TPSA) is 72.5 Å². The molecule has 1 aromatic heterocycles. The van der Waals surface area contributed by atoms with Crippen LogP contribution < -0.4 is 16.2 Å². The second-order valence-corrected chi connectivity index (χ2v) is 6.95. The van der Waals surface area contributed by atoms with Crippen molar-refractivity contribution in [1.82, 2.24) is 25.6 Å². The van der Waals surface area contributed by atoms with Gasteiger partial charge in [-0.2, -0.15) is 0 Å². The van der Waals surface area contributed by atoms with Gasteiger partial charge in [0.1, 0.15) is 11.6 Å². The first kappa shape index (κ1) is 18.7. The van der Waals surface area contributed by atoms with Gasteiger partial charge in [0.25, 0.3) is 0 Å². The van der Waals surface area contributed by atoms with Gasteiger partial charge in [0.15, 0.2) is 0 Å². The predicted octanol–water partition coefficient (Wildman–Crippen LogP) is 2.07. The molecule has 4 rings (SSSR count). The Kier molecular flexibility index (Phi) is 5.47. The van der Waals surface area contributed by atoms with Crippen LogP contribution in [-0.2, 0) is 0 Å². The minimum absolute atomic E-state index is 0.144. The number of carbonyl (C=O) groups is 1. The van der Waals surface area contributed by atoms with E-state index in [0.29, 0.717) is 26.2 Å². The number of urea groups is 1. The number of hydrazine groups is 1. The zero-order chi connectivity index (χ0) is 19.5. The molecule has 0 spiro atoms. The first-order valence-electron chi connectivity index (χ1n) is 9.26. The van der Waals surface area contributed by atoms with Crippen LogP contribution in [0, 0.1) is 11.6 Å². The zero-order valence-electron chi connectivity index (χ0n) is 15.2. The monoisotopic (exact) mass is 388 g/mol. The molecule has 2 aliphatic rings. The van der Waals surface area contributed by atoms with Gasteiger partial charge in [-0.25, -0.2) is 24.4 Å². The summed E-state index contributed by atoms with van der Waals surface area (Å²) >= 11 is 0. The lowest BCUT2D eigenvalue weighted by Crippen LogP contribution is -2.55. The number of carbonyl (C=O) groups excluding carboxylic acids is 1. The number of rotatable bonds is 3.